The summed E-state index contributed by atoms with van der Waals surface area (Å²) in [6, 6.07) is -1.24. The largest absolute Gasteiger partial charge is 0.480 e. The van der Waals surface area contributed by atoms with Crippen LogP contribution in [0.25, 0.3) is 0 Å². The molecule has 2 atom stereocenters. The number of amides is 1. The molecule has 0 saturated heterocycles. The maximum Gasteiger partial charge on any atom is 0.320 e. The molecule has 9 heteroatoms. The highest BCUT2D eigenvalue weighted by atomic mass is 16.4. The smallest absolute Gasteiger partial charge is 0.320 e. The standard InChI is InChI=1S/C11H19N3O2.C6H14N2O2/c1-4-9(13-7-12)6-10(8(3)15)14-11(16)5-2;7-4-2-1-3-5(8)6(9)10/h4,7,10H,5-6H2,1-3H3,(H2,12,13)(H,14,16);5H,1-4,7-8H2,(H,9,10)/b9-4-;/t10-;5-/m00/s1. The van der Waals surface area contributed by atoms with Crippen LogP contribution >= 0.6 is 0 Å². The molecule has 0 saturated carbocycles. The number of nitrogens with one attached hydrogen (secondary N) is 1. The maximum atomic E-state index is 11.3. The van der Waals surface area contributed by atoms with E-state index in [1.165, 1.54) is 13.3 Å². The van der Waals surface area contributed by atoms with Crippen LogP contribution in [0.1, 0.15) is 52.9 Å². The Hall–Kier alpha value is -2.26. The number of ketones is 1. The Kier molecular flexibility index (Phi) is 16.2. The molecule has 0 spiro atoms. The topological polar surface area (TPSA) is 174 Å². The van der Waals surface area contributed by atoms with Crippen LogP contribution in [0.2, 0.25) is 0 Å². The number of carbonyl (C=O) groups excluding carboxylic acids is 2. The number of aliphatic imine (C=N–C) groups is 1. The molecule has 0 heterocycles. The molecule has 26 heavy (non-hydrogen) atoms. The average molecular weight is 371 g/mol. The molecule has 8 N–H and O–H groups in total. The molecule has 0 aliphatic heterocycles. The molecular formula is C17H33N5O4. The van der Waals surface area contributed by atoms with E-state index in [-0.39, 0.29) is 11.7 Å². The van der Waals surface area contributed by atoms with Gasteiger partial charge in [-0.25, -0.2) is 4.99 Å². The lowest BCUT2D eigenvalue weighted by Crippen LogP contribution is -2.39. The number of hydrogen-bond donors (Lipinski definition) is 5. The van der Waals surface area contributed by atoms with E-state index in [0.29, 0.717) is 31.5 Å². The van der Waals surface area contributed by atoms with Gasteiger partial charge in [0, 0.05) is 18.5 Å². The van der Waals surface area contributed by atoms with Crippen molar-refractivity contribution in [1.82, 2.24) is 5.32 Å². The third-order valence-electron chi connectivity index (χ3n) is 3.42. The van der Waals surface area contributed by atoms with E-state index >= 15 is 0 Å². The lowest BCUT2D eigenvalue weighted by molar-refractivity contribution is -0.138. The Morgan fingerprint density at radius 3 is 2.27 bits per heavy atom. The maximum absolute atomic E-state index is 11.3. The third kappa shape index (κ3) is 14.1. The Morgan fingerprint density at radius 2 is 1.88 bits per heavy atom. The number of carboxylic acid groups (broad SMARTS) is 1. The van der Waals surface area contributed by atoms with Gasteiger partial charge in [0.15, 0.2) is 5.78 Å². The highest BCUT2D eigenvalue weighted by Crippen LogP contribution is 2.07. The van der Waals surface area contributed by atoms with Crippen molar-refractivity contribution in [3.05, 3.63) is 11.8 Å². The minimum absolute atomic E-state index is 0.0895. The molecule has 1 amide bonds. The number of rotatable bonds is 11. The predicted octanol–water partition coefficient (Wildman–Crippen LogP) is 0.278. The van der Waals surface area contributed by atoms with Crippen LogP contribution in [0.15, 0.2) is 16.8 Å². The number of aliphatic carboxylic acids is 1. The van der Waals surface area contributed by atoms with Crippen molar-refractivity contribution in [2.45, 2.75) is 65.0 Å². The summed E-state index contributed by atoms with van der Waals surface area (Å²) in [5.74, 6) is -1.17. The van der Waals surface area contributed by atoms with Crippen molar-refractivity contribution in [1.29, 1.82) is 0 Å². The number of hydrogen-bond acceptors (Lipinski definition) is 6. The zero-order valence-corrected chi connectivity index (χ0v) is 15.9. The number of unbranched alkanes of at least 4 members (excludes halogenated alkanes) is 1. The van der Waals surface area contributed by atoms with Crippen molar-refractivity contribution < 1.29 is 19.5 Å². The number of Topliss-reactive ketones (excluding diaryl/α,β-unsaturated/α-hetero) is 1. The molecular weight excluding hydrogens is 338 g/mol. The zero-order valence-electron chi connectivity index (χ0n) is 15.9. The van der Waals surface area contributed by atoms with Crippen LogP contribution in [0, 0.1) is 0 Å². The molecule has 0 aliphatic rings. The number of nitrogens with zero attached hydrogens (tertiary/aromatic N) is 1. The first-order valence-electron chi connectivity index (χ1n) is 8.61. The fraction of sp³-hybridized carbons (Fsp3) is 0.647. The SMILES string of the molecule is C/C=C(/C[C@H](NC(=O)CC)C(C)=O)N=CN.NCCCC[C@H](N)C(=O)O. The van der Waals surface area contributed by atoms with Crippen molar-refractivity contribution >= 4 is 24.0 Å². The molecule has 0 radical (unpaired) electrons. The van der Waals surface area contributed by atoms with Gasteiger partial charge >= 0.3 is 5.97 Å². The summed E-state index contributed by atoms with van der Waals surface area (Å²) >= 11 is 0. The van der Waals surface area contributed by atoms with Crippen LogP contribution in [0.4, 0.5) is 0 Å². The number of carbonyl (C=O) groups is 3. The van der Waals surface area contributed by atoms with Gasteiger partial charge in [-0.3, -0.25) is 14.4 Å². The van der Waals surface area contributed by atoms with E-state index < -0.39 is 18.1 Å². The van der Waals surface area contributed by atoms with Crippen LogP contribution < -0.4 is 22.5 Å². The summed E-state index contributed by atoms with van der Waals surface area (Å²) in [4.78, 5) is 36.6. The Bertz CT molecular complexity index is 492. The van der Waals surface area contributed by atoms with Gasteiger partial charge in [-0.2, -0.15) is 0 Å². The fourth-order valence-corrected chi connectivity index (χ4v) is 1.77. The van der Waals surface area contributed by atoms with Crippen LogP contribution in [-0.4, -0.2) is 47.7 Å². The van der Waals surface area contributed by atoms with Crippen molar-refractivity contribution in [2.24, 2.45) is 22.2 Å². The first-order valence-corrected chi connectivity index (χ1v) is 8.61. The highest BCUT2D eigenvalue weighted by molar-refractivity contribution is 5.87. The van der Waals surface area contributed by atoms with E-state index in [1.807, 2.05) is 0 Å². The fourth-order valence-electron chi connectivity index (χ4n) is 1.77. The van der Waals surface area contributed by atoms with Gasteiger partial charge in [-0.15, -0.1) is 0 Å². The quantitative estimate of drug-likeness (QED) is 0.197. The summed E-state index contributed by atoms with van der Waals surface area (Å²) in [6.45, 7) is 5.59. The summed E-state index contributed by atoms with van der Waals surface area (Å²) in [6.07, 6.45) is 5.82. The van der Waals surface area contributed by atoms with Crippen LogP contribution in [0.5, 0.6) is 0 Å². The number of allylic oxidation sites excluding steroid dienone is 1. The zero-order chi connectivity index (χ0) is 20.5. The van der Waals surface area contributed by atoms with Crippen LogP contribution in [0.3, 0.4) is 0 Å². The number of nitrogens with two attached hydrogens (primary N) is 3. The van der Waals surface area contributed by atoms with Gasteiger partial charge in [0.2, 0.25) is 5.91 Å². The third-order valence-corrected chi connectivity index (χ3v) is 3.42. The molecule has 0 aromatic heterocycles. The van der Waals surface area contributed by atoms with Gasteiger partial charge in [0.1, 0.15) is 6.04 Å². The van der Waals surface area contributed by atoms with Crippen LogP contribution in [-0.2, 0) is 14.4 Å². The monoisotopic (exact) mass is 371 g/mol. The summed E-state index contributed by atoms with van der Waals surface area (Å²) < 4.78 is 0. The predicted molar refractivity (Wildman–Crippen MR) is 102 cm³/mol. The molecule has 0 bridgehead atoms. The second-order valence-corrected chi connectivity index (χ2v) is 5.58. The molecule has 9 nitrogen and oxygen atoms in total. The lowest BCUT2D eigenvalue weighted by Gasteiger charge is -2.15. The molecule has 150 valence electrons. The van der Waals surface area contributed by atoms with E-state index in [0.717, 1.165) is 12.8 Å². The normalized spacial score (nSPS) is 13.5. The first kappa shape index (κ1) is 26.0. The molecule has 0 aromatic rings. The first-order chi connectivity index (χ1) is 12.2. The van der Waals surface area contributed by atoms with Crippen molar-refractivity contribution in [2.75, 3.05) is 6.54 Å². The molecule has 0 unspecified atom stereocenters. The Labute approximate surface area is 155 Å². The van der Waals surface area contributed by atoms with E-state index in [2.05, 4.69) is 10.3 Å². The molecule has 0 fully saturated rings. The lowest BCUT2D eigenvalue weighted by atomic mass is 10.1. The van der Waals surface area contributed by atoms with E-state index in [9.17, 15) is 14.4 Å². The minimum Gasteiger partial charge on any atom is -0.480 e. The van der Waals surface area contributed by atoms with Gasteiger partial charge in [0.05, 0.1) is 12.4 Å². The summed E-state index contributed by atoms with van der Waals surface area (Å²) in [5, 5.41) is 11.0. The van der Waals surface area contributed by atoms with Gasteiger partial charge < -0.3 is 27.6 Å². The molecule has 0 aliphatic carbocycles. The Morgan fingerprint density at radius 1 is 1.27 bits per heavy atom. The van der Waals surface area contributed by atoms with Gasteiger partial charge in [-0.1, -0.05) is 19.4 Å². The van der Waals surface area contributed by atoms with Crippen molar-refractivity contribution in [3.63, 3.8) is 0 Å². The van der Waals surface area contributed by atoms with E-state index in [4.69, 9.17) is 22.3 Å². The van der Waals surface area contributed by atoms with E-state index in [1.54, 1.807) is 19.9 Å². The average Bonchev–Trinajstić information content (AvgIpc) is 2.60. The van der Waals surface area contributed by atoms with Gasteiger partial charge in [-0.05, 0) is 33.2 Å². The van der Waals surface area contributed by atoms with Crippen molar-refractivity contribution in [3.8, 4) is 0 Å². The van der Waals surface area contributed by atoms with Gasteiger partial charge in [0.25, 0.3) is 0 Å². The highest BCUT2D eigenvalue weighted by Gasteiger charge is 2.17. The summed E-state index contributed by atoms with van der Waals surface area (Å²) in [5.41, 5.74) is 16.3. The summed E-state index contributed by atoms with van der Waals surface area (Å²) in [7, 11) is 0. The minimum atomic E-state index is -0.933. The molecule has 0 aromatic carbocycles. The number of carboxylic acids is 1. The second-order valence-electron chi connectivity index (χ2n) is 5.58. The second kappa shape index (κ2) is 16.2. The molecule has 0 rings (SSSR count). The Balaban J connectivity index is 0.